The van der Waals surface area contributed by atoms with Crippen LogP contribution >= 0.6 is 0 Å². The summed E-state index contributed by atoms with van der Waals surface area (Å²) in [5.74, 6) is -0.558. The number of amides is 1. The molecule has 5 nitrogen and oxygen atoms in total. The minimum Gasteiger partial charge on any atom is -0.481 e. The van der Waals surface area contributed by atoms with Crippen LogP contribution in [0.2, 0.25) is 0 Å². The van der Waals surface area contributed by atoms with Crippen LogP contribution in [0.15, 0.2) is 0 Å². The van der Waals surface area contributed by atoms with E-state index in [1.165, 1.54) is 0 Å². The van der Waals surface area contributed by atoms with E-state index in [0.29, 0.717) is 18.9 Å². The zero-order valence-electron chi connectivity index (χ0n) is 12.2. The first-order chi connectivity index (χ1) is 8.65. The first-order valence-electron chi connectivity index (χ1n) is 6.94. The normalized spacial score (nSPS) is 18.7. The van der Waals surface area contributed by atoms with Crippen LogP contribution in [0.1, 0.15) is 52.9 Å². The number of hydrogen-bond donors (Lipinski definition) is 3. The highest BCUT2D eigenvalue weighted by Gasteiger charge is 2.43. The maximum absolute atomic E-state index is 12.0. The quantitative estimate of drug-likeness (QED) is 0.623. The summed E-state index contributed by atoms with van der Waals surface area (Å²) in [6.07, 6.45) is 3.60. The fourth-order valence-corrected chi connectivity index (χ4v) is 2.14. The van der Waals surface area contributed by atoms with E-state index in [9.17, 15) is 9.59 Å². The highest BCUT2D eigenvalue weighted by molar-refractivity contribution is 5.86. The largest absolute Gasteiger partial charge is 0.481 e. The molecule has 0 radical (unpaired) electrons. The molecule has 1 fully saturated rings. The van der Waals surface area contributed by atoms with Crippen molar-refractivity contribution in [1.82, 2.24) is 5.32 Å². The van der Waals surface area contributed by atoms with Gasteiger partial charge in [0.25, 0.3) is 0 Å². The van der Waals surface area contributed by atoms with Crippen LogP contribution in [-0.4, -0.2) is 29.1 Å². The maximum atomic E-state index is 12.0. The number of nitrogens with two attached hydrogens (primary N) is 1. The van der Waals surface area contributed by atoms with E-state index < -0.39 is 11.5 Å². The number of nitrogens with one attached hydrogen (secondary N) is 1. The topological polar surface area (TPSA) is 92.4 Å². The Morgan fingerprint density at radius 1 is 1.26 bits per heavy atom. The van der Waals surface area contributed by atoms with Gasteiger partial charge in [-0.3, -0.25) is 9.59 Å². The molecule has 0 aromatic carbocycles. The first kappa shape index (κ1) is 16.0. The Kier molecular flexibility index (Phi) is 4.96. The van der Waals surface area contributed by atoms with Crippen molar-refractivity contribution in [1.29, 1.82) is 0 Å². The molecule has 0 heterocycles. The molecule has 110 valence electrons. The van der Waals surface area contributed by atoms with Crippen molar-refractivity contribution >= 4 is 11.9 Å². The number of aliphatic carboxylic acids is 1. The van der Waals surface area contributed by atoms with Gasteiger partial charge in [0.1, 0.15) is 0 Å². The van der Waals surface area contributed by atoms with E-state index in [1.54, 1.807) is 6.92 Å². The second-order valence-electron chi connectivity index (χ2n) is 6.62. The molecule has 1 atom stereocenters. The van der Waals surface area contributed by atoms with Gasteiger partial charge in [0.05, 0.1) is 5.54 Å². The minimum absolute atomic E-state index is 0.0871. The number of rotatable bonds is 8. The lowest BCUT2D eigenvalue weighted by Gasteiger charge is -2.27. The summed E-state index contributed by atoms with van der Waals surface area (Å²) in [6.45, 7) is 6.37. The van der Waals surface area contributed by atoms with Crippen molar-refractivity contribution in [3.8, 4) is 0 Å². The van der Waals surface area contributed by atoms with E-state index in [0.717, 1.165) is 19.3 Å². The van der Waals surface area contributed by atoms with Crippen molar-refractivity contribution in [3.05, 3.63) is 0 Å². The van der Waals surface area contributed by atoms with Gasteiger partial charge in [-0.1, -0.05) is 13.8 Å². The van der Waals surface area contributed by atoms with Gasteiger partial charge in [-0.05, 0) is 43.9 Å². The lowest BCUT2D eigenvalue weighted by Crippen LogP contribution is -2.53. The Hall–Kier alpha value is -1.10. The molecule has 1 aliphatic carbocycles. The lowest BCUT2D eigenvalue weighted by molar-refractivity contribution is -0.137. The molecule has 0 bridgehead atoms. The molecule has 1 rings (SSSR count). The SMILES string of the molecule is CC(C)(CCNC(=O)C(C)(N)C1CC1)CCC(=O)O. The Morgan fingerprint density at radius 2 is 1.84 bits per heavy atom. The molecule has 1 aliphatic rings. The average molecular weight is 270 g/mol. The monoisotopic (exact) mass is 270 g/mol. The molecule has 1 amide bonds. The molecule has 0 spiro atoms. The van der Waals surface area contributed by atoms with Crippen LogP contribution < -0.4 is 11.1 Å². The average Bonchev–Trinajstić information content (AvgIpc) is 3.10. The predicted octanol–water partition coefficient (Wildman–Crippen LogP) is 1.51. The highest BCUT2D eigenvalue weighted by Crippen LogP contribution is 2.38. The van der Waals surface area contributed by atoms with E-state index in [2.05, 4.69) is 5.32 Å². The third kappa shape index (κ3) is 5.19. The smallest absolute Gasteiger partial charge is 0.303 e. The summed E-state index contributed by atoms with van der Waals surface area (Å²) >= 11 is 0. The summed E-state index contributed by atoms with van der Waals surface area (Å²) in [6, 6.07) is 0. The Labute approximate surface area is 114 Å². The van der Waals surface area contributed by atoms with Crippen molar-refractivity contribution in [2.45, 2.75) is 58.4 Å². The first-order valence-corrected chi connectivity index (χ1v) is 6.94. The van der Waals surface area contributed by atoms with Gasteiger partial charge in [0.15, 0.2) is 0 Å². The van der Waals surface area contributed by atoms with Gasteiger partial charge < -0.3 is 16.2 Å². The van der Waals surface area contributed by atoms with E-state index >= 15 is 0 Å². The van der Waals surface area contributed by atoms with Crippen molar-refractivity contribution in [2.75, 3.05) is 6.54 Å². The summed E-state index contributed by atoms with van der Waals surface area (Å²) in [4.78, 5) is 22.5. The molecule has 5 heteroatoms. The second kappa shape index (κ2) is 5.90. The van der Waals surface area contributed by atoms with Crippen molar-refractivity contribution < 1.29 is 14.7 Å². The fourth-order valence-electron chi connectivity index (χ4n) is 2.14. The Morgan fingerprint density at radius 3 is 2.32 bits per heavy atom. The van der Waals surface area contributed by atoms with Gasteiger partial charge >= 0.3 is 5.97 Å². The predicted molar refractivity (Wildman–Crippen MR) is 73.6 cm³/mol. The molecule has 19 heavy (non-hydrogen) atoms. The summed E-state index contributed by atoms with van der Waals surface area (Å²) in [5.41, 5.74) is 5.18. The van der Waals surface area contributed by atoms with E-state index in [4.69, 9.17) is 10.8 Å². The molecular formula is C14H26N2O3. The lowest BCUT2D eigenvalue weighted by atomic mass is 9.84. The molecular weight excluding hydrogens is 244 g/mol. The third-order valence-corrected chi connectivity index (χ3v) is 4.02. The van der Waals surface area contributed by atoms with Gasteiger partial charge in [0, 0.05) is 13.0 Å². The zero-order chi connectivity index (χ0) is 14.7. The van der Waals surface area contributed by atoms with Crippen LogP contribution in [0.5, 0.6) is 0 Å². The van der Waals surface area contributed by atoms with Crippen LogP contribution in [0.3, 0.4) is 0 Å². The molecule has 4 N–H and O–H groups in total. The molecule has 0 aromatic heterocycles. The zero-order valence-corrected chi connectivity index (χ0v) is 12.2. The van der Waals surface area contributed by atoms with Crippen LogP contribution in [0.4, 0.5) is 0 Å². The standard InChI is InChI=1S/C14H26N2O3/c1-13(2,7-6-11(17)18)8-9-16-12(19)14(3,15)10-4-5-10/h10H,4-9,15H2,1-3H3,(H,16,19)(H,17,18). The number of hydrogen-bond acceptors (Lipinski definition) is 3. The third-order valence-electron chi connectivity index (χ3n) is 4.02. The minimum atomic E-state index is -0.777. The molecule has 0 saturated heterocycles. The highest BCUT2D eigenvalue weighted by atomic mass is 16.4. The summed E-state index contributed by atoms with van der Waals surface area (Å²) < 4.78 is 0. The van der Waals surface area contributed by atoms with Crippen molar-refractivity contribution in [3.63, 3.8) is 0 Å². The van der Waals surface area contributed by atoms with Gasteiger partial charge in [-0.2, -0.15) is 0 Å². The molecule has 0 aliphatic heterocycles. The summed E-state index contributed by atoms with van der Waals surface area (Å²) in [7, 11) is 0. The fraction of sp³-hybridized carbons (Fsp3) is 0.857. The van der Waals surface area contributed by atoms with Gasteiger partial charge in [-0.15, -0.1) is 0 Å². The number of carboxylic acids is 1. The number of carbonyl (C=O) groups is 2. The number of carboxylic acid groups (broad SMARTS) is 1. The Bertz CT molecular complexity index is 347. The van der Waals surface area contributed by atoms with E-state index in [-0.39, 0.29) is 17.7 Å². The van der Waals surface area contributed by atoms with Crippen LogP contribution in [0.25, 0.3) is 0 Å². The van der Waals surface area contributed by atoms with Gasteiger partial charge in [-0.25, -0.2) is 0 Å². The van der Waals surface area contributed by atoms with Crippen molar-refractivity contribution in [2.24, 2.45) is 17.1 Å². The molecule has 1 unspecified atom stereocenters. The van der Waals surface area contributed by atoms with Gasteiger partial charge in [0.2, 0.25) is 5.91 Å². The van der Waals surface area contributed by atoms with Crippen LogP contribution in [-0.2, 0) is 9.59 Å². The van der Waals surface area contributed by atoms with Crippen LogP contribution in [0, 0.1) is 11.3 Å². The van der Waals surface area contributed by atoms with E-state index in [1.807, 2.05) is 13.8 Å². The maximum Gasteiger partial charge on any atom is 0.303 e. The second-order valence-corrected chi connectivity index (χ2v) is 6.62. The Balaban J connectivity index is 2.28. The molecule has 1 saturated carbocycles. The number of carbonyl (C=O) groups excluding carboxylic acids is 1. The molecule has 0 aromatic rings. The summed E-state index contributed by atoms with van der Waals surface area (Å²) in [5, 5.41) is 11.6.